The molecule has 2 atom stereocenters. The van der Waals surface area contributed by atoms with Crippen molar-refractivity contribution < 1.29 is 0 Å². The lowest BCUT2D eigenvalue weighted by atomic mass is 9.98. The Kier molecular flexibility index (Phi) is 5.49. The average Bonchev–Trinajstić information content (AvgIpc) is 2.64. The van der Waals surface area contributed by atoms with Gasteiger partial charge in [-0.05, 0) is 55.6 Å². The Morgan fingerprint density at radius 2 is 2.14 bits per heavy atom. The molecule has 0 aromatic carbocycles. The summed E-state index contributed by atoms with van der Waals surface area (Å²) >= 11 is 3.75. The van der Waals surface area contributed by atoms with Crippen molar-refractivity contribution in [2.45, 2.75) is 65.1 Å². The van der Waals surface area contributed by atoms with Gasteiger partial charge in [0.15, 0.2) is 0 Å². The Bertz CT molecular complexity index is 485. The van der Waals surface area contributed by atoms with Gasteiger partial charge in [-0.15, -0.1) is 0 Å². The first-order valence-corrected chi connectivity index (χ1v) is 8.88. The van der Waals surface area contributed by atoms with Crippen LogP contribution in [0.25, 0.3) is 0 Å². The van der Waals surface area contributed by atoms with E-state index in [4.69, 9.17) is 0 Å². The number of hydrogen-bond donors (Lipinski definition) is 1. The van der Waals surface area contributed by atoms with Gasteiger partial charge >= 0.3 is 0 Å². The van der Waals surface area contributed by atoms with Crippen LogP contribution in [0.3, 0.4) is 0 Å². The minimum atomic E-state index is 0.212. The van der Waals surface area contributed by atoms with E-state index in [1.807, 2.05) is 4.68 Å². The van der Waals surface area contributed by atoms with Crippen molar-refractivity contribution >= 4 is 15.9 Å². The summed E-state index contributed by atoms with van der Waals surface area (Å²) < 4.78 is 3.23. The van der Waals surface area contributed by atoms with Crippen molar-refractivity contribution in [2.24, 2.45) is 7.05 Å². The first-order valence-electron chi connectivity index (χ1n) is 8.09. The molecular weight excluding hydrogens is 328 g/mol. The van der Waals surface area contributed by atoms with Crippen LogP contribution in [0.15, 0.2) is 4.47 Å². The summed E-state index contributed by atoms with van der Waals surface area (Å²) in [6, 6.07) is 0.595. The molecule has 1 fully saturated rings. The molecule has 0 spiro atoms. The summed E-state index contributed by atoms with van der Waals surface area (Å²) in [6.45, 7) is 12.3. The van der Waals surface area contributed by atoms with Crippen LogP contribution < -0.4 is 5.32 Å². The Labute approximate surface area is 137 Å². The third-order valence-electron chi connectivity index (χ3n) is 4.93. The van der Waals surface area contributed by atoms with Gasteiger partial charge in [0.1, 0.15) is 0 Å². The van der Waals surface area contributed by atoms with Crippen molar-refractivity contribution in [2.75, 3.05) is 13.1 Å². The van der Waals surface area contributed by atoms with E-state index in [1.165, 1.54) is 16.6 Å². The maximum Gasteiger partial charge on any atom is 0.0767 e. The van der Waals surface area contributed by atoms with Gasteiger partial charge in [-0.3, -0.25) is 9.58 Å². The highest BCUT2D eigenvalue weighted by molar-refractivity contribution is 9.10. The number of aromatic nitrogens is 2. The topological polar surface area (TPSA) is 33.1 Å². The zero-order valence-electron chi connectivity index (χ0n) is 14.0. The fourth-order valence-electron chi connectivity index (χ4n) is 3.06. The maximum atomic E-state index is 4.63. The lowest BCUT2D eigenvalue weighted by Gasteiger charge is -2.35. The first kappa shape index (κ1) is 17.0. The molecule has 0 bridgehead atoms. The highest BCUT2D eigenvalue weighted by atomic mass is 79.9. The predicted octanol–water partition coefficient (Wildman–Crippen LogP) is 3.10. The van der Waals surface area contributed by atoms with Gasteiger partial charge in [0.05, 0.1) is 15.9 Å². The highest BCUT2D eigenvalue weighted by Crippen LogP contribution is 2.26. The summed E-state index contributed by atoms with van der Waals surface area (Å²) in [7, 11) is 2.05. The summed E-state index contributed by atoms with van der Waals surface area (Å²) in [4.78, 5) is 2.60. The third-order valence-corrected chi connectivity index (χ3v) is 5.84. The van der Waals surface area contributed by atoms with E-state index in [0.717, 1.165) is 38.2 Å². The molecule has 5 heteroatoms. The van der Waals surface area contributed by atoms with Gasteiger partial charge in [-0.25, -0.2) is 0 Å². The standard InChI is InChI=1S/C16H29BrN4/c1-6-13-15(17)14(20(5)19-13)10-21-11-16(4,7-2)18-9-8-12(21)3/h12,18H,6-11H2,1-5H3. The normalized spacial score (nSPS) is 27.8. The van der Waals surface area contributed by atoms with Crippen molar-refractivity contribution in [3.63, 3.8) is 0 Å². The van der Waals surface area contributed by atoms with Crippen LogP contribution in [0, 0.1) is 0 Å². The molecule has 4 nitrogen and oxygen atoms in total. The van der Waals surface area contributed by atoms with Gasteiger partial charge in [-0.1, -0.05) is 13.8 Å². The van der Waals surface area contributed by atoms with E-state index in [1.54, 1.807) is 0 Å². The Morgan fingerprint density at radius 1 is 1.43 bits per heavy atom. The van der Waals surface area contributed by atoms with Crippen LogP contribution in [0.4, 0.5) is 0 Å². The number of nitrogens with zero attached hydrogens (tertiary/aromatic N) is 3. The average molecular weight is 357 g/mol. The van der Waals surface area contributed by atoms with Gasteiger partial charge in [0.2, 0.25) is 0 Å². The smallest absolute Gasteiger partial charge is 0.0767 e. The molecule has 1 aliphatic heterocycles. The van der Waals surface area contributed by atoms with Crippen LogP contribution in [0.2, 0.25) is 0 Å². The lowest BCUT2D eigenvalue weighted by molar-refractivity contribution is 0.159. The largest absolute Gasteiger partial charge is 0.310 e. The summed E-state index contributed by atoms with van der Waals surface area (Å²) in [6.07, 6.45) is 3.33. The number of rotatable bonds is 4. The van der Waals surface area contributed by atoms with E-state index in [-0.39, 0.29) is 5.54 Å². The maximum absolute atomic E-state index is 4.63. The monoisotopic (exact) mass is 356 g/mol. The first-order chi connectivity index (χ1) is 9.90. The minimum Gasteiger partial charge on any atom is -0.310 e. The zero-order valence-corrected chi connectivity index (χ0v) is 15.6. The van der Waals surface area contributed by atoms with E-state index >= 15 is 0 Å². The summed E-state index contributed by atoms with van der Waals surface area (Å²) in [5.41, 5.74) is 2.66. The molecule has 120 valence electrons. The van der Waals surface area contributed by atoms with Gasteiger partial charge < -0.3 is 5.32 Å². The fraction of sp³-hybridized carbons (Fsp3) is 0.812. The molecule has 1 aromatic heterocycles. The molecule has 2 unspecified atom stereocenters. The lowest BCUT2D eigenvalue weighted by Crippen LogP contribution is -2.49. The van der Waals surface area contributed by atoms with Crippen LogP contribution >= 0.6 is 15.9 Å². The van der Waals surface area contributed by atoms with Crippen LogP contribution in [0.1, 0.15) is 51.9 Å². The van der Waals surface area contributed by atoms with Gasteiger partial charge in [0.25, 0.3) is 0 Å². The molecule has 1 aliphatic rings. The summed E-state index contributed by atoms with van der Waals surface area (Å²) in [5, 5.41) is 8.35. The second-order valence-corrected chi connectivity index (χ2v) is 7.36. The molecule has 2 rings (SSSR count). The molecule has 2 heterocycles. The van der Waals surface area contributed by atoms with E-state index in [0.29, 0.717) is 6.04 Å². The van der Waals surface area contributed by atoms with E-state index in [2.05, 4.69) is 66.0 Å². The molecule has 1 N–H and O–H groups in total. The quantitative estimate of drug-likeness (QED) is 0.899. The van der Waals surface area contributed by atoms with Crippen molar-refractivity contribution in [1.29, 1.82) is 0 Å². The number of hydrogen-bond acceptors (Lipinski definition) is 3. The molecule has 0 radical (unpaired) electrons. The molecule has 0 amide bonds. The SMILES string of the molecule is CCc1nn(C)c(CN2CC(C)(CC)NCCC2C)c1Br. The Morgan fingerprint density at radius 3 is 2.71 bits per heavy atom. The van der Waals surface area contributed by atoms with Crippen molar-refractivity contribution in [3.8, 4) is 0 Å². The van der Waals surface area contributed by atoms with E-state index in [9.17, 15) is 0 Å². The van der Waals surface area contributed by atoms with Crippen molar-refractivity contribution in [1.82, 2.24) is 20.0 Å². The Balaban J connectivity index is 2.22. The van der Waals surface area contributed by atoms with Crippen LogP contribution in [0.5, 0.6) is 0 Å². The van der Waals surface area contributed by atoms with E-state index < -0.39 is 0 Å². The fourth-order valence-corrected chi connectivity index (χ4v) is 3.80. The molecule has 1 aromatic rings. The second-order valence-electron chi connectivity index (χ2n) is 6.57. The second kappa shape index (κ2) is 6.80. The molecule has 21 heavy (non-hydrogen) atoms. The van der Waals surface area contributed by atoms with Crippen LogP contribution in [-0.2, 0) is 20.0 Å². The third kappa shape index (κ3) is 3.69. The molecule has 1 saturated heterocycles. The highest BCUT2D eigenvalue weighted by Gasteiger charge is 2.31. The Hall–Kier alpha value is -0.390. The van der Waals surface area contributed by atoms with Crippen LogP contribution in [-0.4, -0.2) is 39.4 Å². The number of halogens is 1. The predicted molar refractivity (Wildman–Crippen MR) is 91.5 cm³/mol. The molecule has 0 aliphatic carbocycles. The molecule has 0 saturated carbocycles. The summed E-state index contributed by atoms with van der Waals surface area (Å²) in [5.74, 6) is 0. The molecular formula is C16H29BrN4. The van der Waals surface area contributed by atoms with Gasteiger partial charge in [0, 0.05) is 31.7 Å². The van der Waals surface area contributed by atoms with Crippen molar-refractivity contribution in [3.05, 3.63) is 15.9 Å². The minimum absolute atomic E-state index is 0.212. The number of nitrogens with one attached hydrogen (secondary N) is 1. The zero-order chi connectivity index (χ0) is 15.6. The van der Waals surface area contributed by atoms with Gasteiger partial charge in [-0.2, -0.15) is 5.10 Å². The number of aryl methyl sites for hydroxylation is 2.